The summed E-state index contributed by atoms with van der Waals surface area (Å²) in [5.41, 5.74) is 5.59. The highest BCUT2D eigenvalue weighted by molar-refractivity contribution is 5.79. The first-order chi connectivity index (χ1) is 10.1. The van der Waals surface area contributed by atoms with Gasteiger partial charge in [0.15, 0.2) is 0 Å². The predicted octanol–water partition coefficient (Wildman–Crippen LogP) is 4.99. The molecule has 1 nitrogen and oxygen atoms in total. The summed E-state index contributed by atoms with van der Waals surface area (Å²) < 4.78 is 14.4. The maximum atomic E-state index is 14.4. The van der Waals surface area contributed by atoms with Gasteiger partial charge in [-0.3, -0.25) is 4.79 Å². The summed E-state index contributed by atoms with van der Waals surface area (Å²) >= 11 is 0. The summed E-state index contributed by atoms with van der Waals surface area (Å²) in [4.78, 5) is 10.8. The molecule has 2 heteroatoms. The second-order valence-electron chi connectivity index (χ2n) is 5.21. The highest BCUT2D eigenvalue weighted by Gasteiger charge is 2.14. The van der Waals surface area contributed by atoms with Crippen LogP contribution in [0, 0.1) is 5.82 Å². The number of halogens is 1. The lowest BCUT2D eigenvalue weighted by Gasteiger charge is -2.16. The van der Waals surface area contributed by atoms with Crippen molar-refractivity contribution in [2.24, 2.45) is 0 Å². The Kier molecular flexibility index (Phi) is 4.89. The summed E-state index contributed by atoms with van der Waals surface area (Å²) in [6, 6.07) is 9.05. The van der Waals surface area contributed by atoms with Gasteiger partial charge < -0.3 is 0 Å². The molecule has 0 aliphatic heterocycles. The molecule has 0 radical (unpaired) electrons. The zero-order valence-electron chi connectivity index (χ0n) is 12.9. The molecule has 0 fully saturated rings. The Balaban J connectivity index is 2.69. The second kappa shape index (κ2) is 6.66. The summed E-state index contributed by atoms with van der Waals surface area (Å²) in [5.74, 6) is -0.326. The molecule has 0 unspecified atom stereocenters. The Morgan fingerprint density at radius 2 is 1.57 bits per heavy atom. The van der Waals surface area contributed by atoms with Crippen molar-refractivity contribution in [3.63, 3.8) is 0 Å². The van der Waals surface area contributed by atoms with Crippen molar-refractivity contribution in [1.29, 1.82) is 0 Å². The van der Waals surface area contributed by atoms with E-state index in [9.17, 15) is 9.18 Å². The molecule has 0 heterocycles. The van der Waals surface area contributed by atoms with Crippen LogP contribution in [0.3, 0.4) is 0 Å². The fourth-order valence-electron chi connectivity index (χ4n) is 2.75. The Bertz CT molecular complexity index is 634. The van der Waals surface area contributed by atoms with Crippen LogP contribution in [0.4, 0.5) is 4.39 Å². The third kappa shape index (κ3) is 3.05. The van der Waals surface area contributed by atoms with Gasteiger partial charge >= 0.3 is 0 Å². The minimum absolute atomic E-state index is 0.326. The molecule has 0 aliphatic rings. The van der Waals surface area contributed by atoms with Crippen molar-refractivity contribution in [3.8, 4) is 11.1 Å². The fourth-order valence-corrected chi connectivity index (χ4v) is 2.75. The van der Waals surface area contributed by atoms with Gasteiger partial charge in [-0.15, -0.1) is 0 Å². The SMILES string of the molecule is CCc1cc(CC)c(-c2ccc(C=O)cc2F)c(CC)c1. The molecule has 0 aliphatic carbocycles. The molecule has 0 bridgehead atoms. The Morgan fingerprint density at radius 3 is 2.00 bits per heavy atom. The quantitative estimate of drug-likeness (QED) is 0.707. The van der Waals surface area contributed by atoms with Crippen molar-refractivity contribution in [2.45, 2.75) is 40.0 Å². The summed E-state index contributed by atoms with van der Waals surface area (Å²) in [6.07, 6.45) is 3.39. The van der Waals surface area contributed by atoms with Gasteiger partial charge in [0.2, 0.25) is 0 Å². The van der Waals surface area contributed by atoms with E-state index >= 15 is 0 Å². The lowest BCUT2D eigenvalue weighted by molar-refractivity contribution is 0.112. The number of rotatable bonds is 5. The van der Waals surface area contributed by atoms with Gasteiger partial charge in [-0.05, 0) is 47.6 Å². The van der Waals surface area contributed by atoms with Crippen molar-refractivity contribution in [1.82, 2.24) is 0 Å². The van der Waals surface area contributed by atoms with Crippen molar-refractivity contribution >= 4 is 6.29 Å². The number of carbonyl (C=O) groups excluding carboxylic acids is 1. The Morgan fingerprint density at radius 1 is 0.952 bits per heavy atom. The second-order valence-corrected chi connectivity index (χ2v) is 5.21. The fraction of sp³-hybridized carbons (Fsp3) is 0.316. The first-order valence-electron chi connectivity index (χ1n) is 7.54. The molecular formula is C19H21FO. The topological polar surface area (TPSA) is 17.1 Å². The van der Waals surface area contributed by atoms with Gasteiger partial charge in [-0.25, -0.2) is 4.39 Å². The Hall–Kier alpha value is -1.96. The van der Waals surface area contributed by atoms with E-state index in [1.807, 2.05) is 0 Å². The standard InChI is InChI=1S/C19H21FO/c1-4-13-9-15(5-2)19(16(6-3)10-13)17-8-7-14(12-21)11-18(17)20/h7-12H,4-6H2,1-3H3. The van der Waals surface area contributed by atoms with Crippen LogP contribution < -0.4 is 0 Å². The predicted molar refractivity (Wildman–Crippen MR) is 85.4 cm³/mol. The average Bonchev–Trinajstić information content (AvgIpc) is 2.53. The number of hydrogen-bond acceptors (Lipinski definition) is 1. The van der Waals surface area contributed by atoms with E-state index in [0.717, 1.165) is 24.8 Å². The largest absolute Gasteiger partial charge is 0.298 e. The number of hydrogen-bond donors (Lipinski definition) is 0. The molecule has 110 valence electrons. The van der Waals surface area contributed by atoms with Gasteiger partial charge in [0, 0.05) is 11.1 Å². The van der Waals surface area contributed by atoms with Crippen LogP contribution in [0.15, 0.2) is 30.3 Å². The minimum atomic E-state index is -0.326. The van der Waals surface area contributed by atoms with Crippen LogP contribution in [-0.2, 0) is 19.3 Å². The van der Waals surface area contributed by atoms with Crippen LogP contribution in [0.25, 0.3) is 11.1 Å². The molecule has 2 aromatic rings. The smallest absolute Gasteiger partial charge is 0.150 e. The molecule has 21 heavy (non-hydrogen) atoms. The average molecular weight is 284 g/mol. The van der Waals surface area contributed by atoms with Crippen molar-refractivity contribution in [3.05, 3.63) is 58.4 Å². The third-order valence-corrected chi connectivity index (χ3v) is 3.93. The lowest BCUT2D eigenvalue weighted by atomic mass is 9.88. The first kappa shape index (κ1) is 15.4. The van der Waals surface area contributed by atoms with Gasteiger partial charge in [0.05, 0.1) is 0 Å². The zero-order valence-corrected chi connectivity index (χ0v) is 12.9. The molecule has 0 saturated carbocycles. The summed E-state index contributed by atoms with van der Waals surface area (Å²) in [6.45, 7) is 6.32. The maximum absolute atomic E-state index is 14.4. The molecule has 0 saturated heterocycles. The maximum Gasteiger partial charge on any atom is 0.150 e. The highest BCUT2D eigenvalue weighted by atomic mass is 19.1. The van der Waals surface area contributed by atoms with Crippen molar-refractivity contribution < 1.29 is 9.18 Å². The molecule has 2 rings (SSSR count). The van der Waals surface area contributed by atoms with Crippen LogP contribution in [0.1, 0.15) is 47.8 Å². The number of benzene rings is 2. The molecular weight excluding hydrogens is 263 g/mol. The van der Waals surface area contributed by atoms with Crippen LogP contribution in [0.2, 0.25) is 0 Å². The number of aryl methyl sites for hydroxylation is 3. The van der Waals surface area contributed by atoms with E-state index in [4.69, 9.17) is 0 Å². The zero-order chi connectivity index (χ0) is 15.4. The first-order valence-corrected chi connectivity index (χ1v) is 7.54. The molecule has 0 atom stereocenters. The van der Waals surface area contributed by atoms with E-state index in [2.05, 4.69) is 32.9 Å². The molecule has 2 aromatic carbocycles. The summed E-state index contributed by atoms with van der Waals surface area (Å²) in [7, 11) is 0. The monoisotopic (exact) mass is 284 g/mol. The van der Waals surface area contributed by atoms with E-state index in [-0.39, 0.29) is 5.82 Å². The number of aldehydes is 1. The van der Waals surface area contributed by atoms with Gasteiger partial charge in [-0.1, -0.05) is 45.0 Å². The molecule has 0 aromatic heterocycles. The lowest BCUT2D eigenvalue weighted by Crippen LogP contribution is -2.00. The molecule has 0 spiro atoms. The number of carbonyl (C=O) groups is 1. The van der Waals surface area contributed by atoms with E-state index in [1.54, 1.807) is 12.1 Å². The summed E-state index contributed by atoms with van der Waals surface area (Å²) in [5, 5.41) is 0. The van der Waals surface area contributed by atoms with Crippen molar-refractivity contribution in [2.75, 3.05) is 0 Å². The molecule has 0 amide bonds. The van der Waals surface area contributed by atoms with E-state index < -0.39 is 0 Å². The van der Waals surface area contributed by atoms with E-state index in [1.165, 1.54) is 22.8 Å². The van der Waals surface area contributed by atoms with E-state index in [0.29, 0.717) is 17.4 Å². The van der Waals surface area contributed by atoms with Gasteiger partial charge in [-0.2, -0.15) is 0 Å². The normalized spacial score (nSPS) is 10.7. The van der Waals surface area contributed by atoms with Gasteiger partial charge in [0.25, 0.3) is 0 Å². The van der Waals surface area contributed by atoms with Crippen LogP contribution in [-0.4, -0.2) is 6.29 Å². The minimum Gasteiger partial charge on any atom is -0.298 e. The Labute approximate surface area is 125 Å². The third-order valence-electron chi connectivity index (χ3n) is 3.93. The van der Waals surface area contributed by atoms with Gasteiger partial charge in [0.1, 0.15) is 12.1 Å². The van der Waals surface area contributed by atoms with Crippen LogP contribution >= 0.6 is 0 Å². The van der Waals surface area contributed by atoms with Crippen LogP contribution in [0.5, 0.6) is 0 Å². The highest BCUT2D eigenvalue weighted by Crippen LogP contribution is 2.32. The molecule has 0 N–H and O–H groups in total.